The van der Waals surface area contributed by atoms with Gasteiger partial charge >= 0.3 is 0 Å². The van der Waals surface area contributed by atoms with Crippen LogP contribution in [0.1, 0.15) is 57.9 Å². The van der Waals surface area contributed by atoms with Crippen LogP contribution in [0.4, 0.5) is 11.5 Å². The second-order valence-corrected chi connectivity index (χ2v) is 10.8. The van der Waals surface area contributed by atoms with Crippen molar-refractivity contribution in [2.24, 2.45) is 10.7 Å². The monoisotopic (exact) mass is 515 g/mol. The van der Waals surface area contributed by atoms with Crippen LogP contribution in [0.2, 0.25) is 0 Å². The molecule has 0 spiro atoms. The number of anilines is 2. The highest BCUT2D eigenvalue weighted by molar-refractivity contribution is 5.98. The van der Waals surface area contributed by atoms with Crippen LogP contribution in [0.5, 0.6) is 0 Å². The van der Waals surface area contributed by atoms with Crippen LogP contribution in [0.15, 0.2) is 65.8 Å². The number of hydrogen-bond donors (Lipinski definition) is 2. The Kier molecular flexibility index (Phi) is 6.31. The van der Waals surface area contributed by atoms with E-state index in [2.05, 4.69) is 77.5 Å². The number of nitrogens with one attached hydrogen (secondary N) is 1. The van der Waals surface area contributed by atoms with Crippen LogP contribution < -0.4 is 16.2 Å². The van der Waals surface area contributed by atoms with Gasteiger partial charge in [0.1, 0.15) is 24.7 Å². The highest BCUT2D eigenvalue weighted by Crippen LogP contribution is 2.45. The van der Waals surface area contributed by atoms with Crippen LogP contribution in [0, 0.1) is 0 Å². The molecule has 3 aliphatic heterocycles. The van der Waals surface area contributed by atoms with Crippen LogP contribution in [0.25, 0.3) is 11.1 Å². The van der Waals surface area contributed by atoms with E-state index in [0.717, 1.165) is 46.6 Å². The maximum Gasteiger partial charge on any atom is 0.164 e. The molecule has 0 aliphatic carbocycles. The summed E-state index contributed by atoms with van der Waals surface area (Å²) in [6.07, 6.45) is 5.14. The molecule has 8 nitrogen and oxygen atoms in total. The molecule has 200 valence electrons. The second-order valence-electron chi connectivity index (χ2n) is 10.8. The number of rotatable bonds is 7. The lowest BCUT2D eigenvalue weighted by atomic mass is 9.85. The Balaban J connectivity index is 1.45. The lowest BCUT2D eigenvalue weighted by molar-refractivity contribution is -0.183. The van der Waals surface area contributed by atoms with Crippen molar-refractivity contribution in [2.45, 2.75) is 70.3 Å². The van der Waals surface area contributed by atoms with Gasteiger partial charge in [0.25, 0.3) is 0 Å². The fraction of sp³-hybridized carbons (Fsp3) is 0.433. The smallest absolute Gasteiger partial charge is 0.164 e. The zero-order valence-corrected chi connectivity index (χ0v) is 22.6. The maximum atomic E-state index is 6.87. The first-order chi connectivity index (χ1) is 18.3. The predicted molar refractivity (Wildman–Crippen MR) is 150 cm³/mol. The number of nitrogens with zero attached hydrogens (tertiary/aromatic N) is 3. The van der Waals surface area contributed by atoms with Gasteiger partial charge in [-0.3, -0.25) is 10.4 Å². The molecule has 3 atom stereocenters. The zero-order valence-electron chi connectivity index (χ0n) is 22.6. The lowest BCUT2D eigenvalue weighted by Gasteiger charge is -2.35. The molecule has 1 aromatic heterocycles. The Bertz CT molecular complexity index is 1330. The summed E-state index contributed by atoms with van der Waals surface area (Å²) < 4.78 is 21.0. The van der Waals surface area contributed by atoms with Crippen LogP contribution >= 0.6 is 0 Å². The number of para-hydroxylation sites is 1. The number of aromatic nitrogens is 1. The van der Waals surface area contributed by atoms with Crippen molar-refractivity contribution in [2.75, 3.05) is 23.7 Å². The Labute approximate surface area is 224 Å². The molecule has 3 aliphatic rings. The molecule has 3 aromatic rings. The standard InChI is InChI=1S/C30H37N5O3/c1-5-30(31,6-2)23-14-10-11-15-24(23)33-35-19-32-16-21-22(20-12-8-7-9-13-20)17-34(27(21)35)28-26-25(18-36-28)37-29(3,4)38-26/h7-17,25-26,28,33H,5-6,18-19,31H2,1-4H3/t25-,26-,28-/m1/s1. The summed E-state index contributed by atoms with van der Waals surface area (Å²) in [6, 6.07) is 18.7. The summed E-state index contributed by atoms with van der Waals surface area (Å²) in [5, 5.41) is 2.09. The van der Waals surface area contributed by atoms with Gasteiger partial charge in [-0.2, -0.15) is 0 Å². The first kappa shape index (κ1) is 25.1. The quantitative estimate of drug-likeness (QED) is 0.438. The second kappa shape index (κ2) is 9.54. The summed E-state index contributed by atoms with van der Waals surface area (Å²) in [4.78, 5) is 4.74. The molecule has 0 bridgehead atoms. The molecule has 2 saturated heterocycles. The molecule has 0 radical (unpaired) electrons. The molecule has 2 fully saturated rings. The zero-order chi connectivity index (χ0) is 26.5. The summed E-state index contributed by atoms with van der Waals surface area (Å²) in [7, 11) is 0. The molecule has 6 rings (SSSR count). The van der Waals surface area contributed by atoms with E-state index in [0.29, 0.717) is 13.3 Å². The number of ether oxygens (including phenoxy) is 3. The molecular weight excluding hydrogens is 478 g/mol. The summed E-state index contributed by atoms with van der Waals surface area (Å²) in [5.41, 5.74) is 15.4. The lowest BCUT2D eigenvalue weighted by Crippen LogP contribution is -2.40. The normalized spacial score (nSPS) is 23.9. The van der Waals surface area contributed by atoms with E-state index in [-0.39, 0.29) is 18.4 Å². The average Bonchev–Trinajstić information content (AvgIpc) is 3.59. The Morgan fingerprint density at radius 1 is 1.05 bits per heavy atom. The minimum atomic E-state index is -0.643. The van der Waals surface area contributed by atoms with Crippen molar-refractivity contribution in [3.05, 3.63) is 71.9 Å². The number of fused-ring (bicyclic) bond motifs is 2. The number of aliphatic imine (C=N–C) groups is 1. The Hall–Kier alpha value is -3.17. The van der Waals surface area contributed by atoms with Crippen molar-refractivity contribution >= 4 is 17.7 Å². The van der Waals surface area contributed by atoms with Crippen molar-refractivity contribution in [3.63, 3.8) is 0 Å². The van der Waals surface area contributed by atoms with Crippen molar-refractivity contribution in [1.29, 1.82) is 0 Å². The van der Waals surface area contributed by atoms with Gasteiger partial charge in [-0.1, -0.05) is 62.4 Å². The van der Waals surface area contributed by atoms with Crippen molar-refractivity contribution < 1.29 is 14.2 Å². The van der Waals surface area contributed by atoms with Crippen LogP contribution in [-0.4, -0.2) is 42.1 Å². The number of hydrazine groups is 1. The topological polar surface area (TPSA) is 86.3 Å². The maximum absolute atomic E-state index is 6.87. The Morgan fingerprint density at radius 3 is 2.55 bits per heavy atom. The molecule has 0 unspecified atom stereocenters. The van der Waals surface area contributed by atoms with E-state index in [1.165, 1.54) is 0 Å². The third-order valence-electron chi connectivity index (χ3n) is 8.02. The number of nitrogens with two attached hydrogens (primary N) is 1. The fourth-order valence-electron chi connectivity index (χ4n) is 5.90. The third kappa shape index (κ3) is 4.22. The van der Waals surface area contributed by atoms with Gasteiger partial charge in [0.05, 0.1) is 12.3 Å². The summed E-state index contributed by atoms with van der Waals surface area (Å²) >= 11 is 0. The van der Waals surface area contributed by atoms with Gasteiger partial charge < -0.3 is 24.5 Å². The third-order valence-corrected chi connectivity index (χ3v) is 8.02. The Morgan fingerprint density at radius 2 is 1.79 bits per heavy atom. The van der Waals surface area contributed by atoms with Crippen molar-refractivity contribution in [1.82, 2.24) is 4.57 Å². The van der Waals surface area contributed by atoms with Gasteiger partial charge in [-0.15, -0.1) is 0 Å². The fourth-order valence-corrected chi connectivity index (χ4v) is 5.90. The van der Waals surface area contributed by atoms with E-state index >= 15 is 0 Å². The number of hydrogen-bond acceptors (Lipinski definition) is 7. The van der Waals surface area contributed by atoms with Gasteiger partial charge in [0.2, 0.25) is 0 Å². The number of benzene rings is 2. The minimum absolute atomic E-state index is 0.111. The minimum Gasteiger partial charge on any atom is -0.352 e. The van der Waals surface area contributed by atoms with E-state index < -0.39 is 11.3 Å². The predicted octanol–water partition coefficient (Wildman–Crippen LogP) is 5.40. The van der Waals surface area contributed by atoms with Gasteiger partial charge in [0.15, 0.2) is 12.0 Å². The van der Waals surface area contributed by atoms with Gasteiger partial charge in [-0.25, -0.2) is 5.01 Å². The van der Waals surface area contributed by atoms with Crippen LogP contribution in [0.3, 0.4) is 0 Å². The SMILES string of the molecule is CCC(N)(CC)c1ccccc1NN1CN=Cc2c(-c3ccccc3)cn([C@@H]3OC[C@H]4OC(C)(C)O[C@@H]34)c21. The highest BCUT2D eigenvalue weighted by atomic mass is 16.8. The molecule has 8 heteroatoms. The van der Waals surface area contributed by atoms with Gasteiger partial charge in [0, 0.05) is 29.1 Å². The largest absolute Gasteiger partial charge is 0.352 e. The average molecular weight is 516 g/mol. The first-order valence-corrected chi connectivity index (χ1v) is 13.5. The molecule has 3 N–H and O–H groups in total. The molecular formula is C30H37N5O3. The summed E-state index contributed by atoms with van der Waals surface area (Å²) in [5.74, 6) is 0.332. The van der Waals surface area contributed by atoms with E-state index in [1.54, 1.807) is 0 Å². The van der Waals surface area contributed by atoms with E-state index in [4.69, 9.17) is 24.9 Å². The summed E-state index contributed by atoms with van der Waals surface area (Å²) in [6.45, 7) is 9.13. The first-order valence-electron chi connectivity index (χ1n) is 13.5. The molecule has 4 heterocycles. The highest BCUT2D eigenvalue weighted by Gasteiger charge is 2.51. The van der Waals surface area contributed by atoms with E-state index in [1.807, 2.05) is 32.2 Å². The molecule has 0 amide bonds. The molecule has 2 aromatic carbocycles. The molecule has 38 heavy (non-hydrogen) atoms. The van der Waals surface area contributed by atoms with Crippen molar-refractivity contribution in [3.8, 4) is 11.1 Å². The van der Waals surface area contributed by atoms with E-state index in [9.17, 15) is 0 Å². The van der Waals surface area contributed by atoms with Gasteiger partial charge in [-0.05, 0) is 43.9 Å². The van der Waals surface area contributed by atoms with Crippen LogP contribution in [-0.2, 0) is 19.7 Å². The molecule has 0 saturated carbocycles.